The fourth-order valence-electron chi connectivity index (χ4n) is 2.23. The fourth-order valence-corrected chi connectivity index (χ4v) is 3.45. The first-order valence-corrected chi connectivity index (χ1v) is 9.71. The Balaban J connectivity index is 0. The van der Waals surface area contributed by atoms with Crippen molar-refractivity contribution in [2.45, 2.75) is 13.8 Å². The fraction of sp³-hybridized carbons (Fsp3) is 0.0833. The van der Waals surface area contributed by atoms with Gasteiger partial charge in [0.15, 0.2) is 0 Å². The van der Waals surface area contributed by atoms with Gasteiger partial charge in [-0.05, 0) is 0 Å². The molecule has 0 aromatic heterocycles. The smallest absolute Gasteiger partial charge is 1.00 e. The molecule has 4 heteroatoms. The molecule has 0 fully saturated rings. The van der Waals surface area contributed by atoms with E-state index in [1.807, 2.05) is 24.3 Å². The molecule has 0 saturated carbocycles. The minimum atomic E-state index is 0. The number of hydrogen-bond acceptors (Lipinski definition) is 0. The molecule has 4 aromatic carbocycles. The molecule has 0 heterocycles. The minimum absolute atomic E-state index is 0. The predicted octanol–water partition coefficient (Wildman–Crippen LogP) is -1.49. The van der Waals surface area contributed by atoms with Crippen LogP contribution >= 0.6 is 0 Å². The quantitative estimate of drug-likeness (QED) is 0.197. The zero-order valence-electron chi connectivity index (χ0n) is 16.2. The first-order chi connectivity index (χ1) is 12.2. The van der Waals surface area contributed by atoms with Crippen molar-refractivity contribution in [3.8, 4) is 0 Å². The van der Waals surface area contributed by atoms with E-state index in [1.165, 1.54) is 21.5 Å². The minimum Gasteiger partial charge on any atom is -1.00 e. The van der Waals surface area contributed by atoms with E-state index in [1.54, 1.807) is 0 Å². The Morgan fingerprint density at radius 1 is 0.536 bits per heavy atom. The maximum absolute atomic E-state index is 2.20. The van der Waals surface area contributed by atoms with Crippen LogP contribution in [-0.2, 0) is 25.8 Å². The van der Waals surface area contributed by atoms with Crippen molar-refractivity contribution in [1.82, 2.24) is 0 Å². The Hall–Kier alpha value is -1.19. The molecule has 0 spiro atoms. The molecule has 0 bridgehead atoms. The number of rotatable bonds is 2. The molecule has 0 unspecified atom stereocenters. The molecule has 0 aliphatic heterocycles. The summed E-state index contributed by atoms with van der Waals surface area (Å²) in [6.45, 7) is 4.17. The Kier molecular flexibility index (Phi) is 18.5. The van der Waals surface area contributed by atoms with Crippen LogP contribution in [0.15, 0.2) is 109 Å². The van der Waals surface area contributed by atoms with E-state index in [-0.39, 0.29) is 60.2 Å². The SMILES string of the molecule is Cc1ccc[cH-]1.Cc1ccc[cH-]1.[Cl-].[Cl-].[Hf+4].c1ccc([SiH]c2ccccc2)cc1. The van der Waals surface area contributed by atoms with Crippen LogP contribution in [0.3, 0.4) is 0 Å². The van der Waals surface area contributed by atoms with E-state index in [0.717, 1.165) is 0 Å². The maximum atomic E-state index is 2.20. The summed E-state index contributed by atoms with van der Waals surface area (Å²) in [7, 11) is 0.271. The zero-order chi connectivity index (χ0) is 17.7. The van der Waals surface area contributed by atoms with Crippen LogP contribution in [0.1, 0.15) is 11.1 Å². The largest absolute Gasteiger partial charge is 4.00 e. The summed E-state index contributed by atoms with van der Waals surface area (Å²) in [5.74, 6) is 0. The maximum Gasteiger partial charge on any atom is 4.00 e. The number of benzene rings is 2. The van der Waals surface area contributed by atoms with Crippen LogP contribution in [0.25, 0.3) is 0 Å². The number of hydrogen-bond donors (Lipinski definition) is 0. The average molecular weight is 591 g/mol. The van der Waals surface area contributed by atoms with E-state index in [4.69, 9.17) is 0 Å². The standard InChI is InChI=1S/C12H11Si.2C6H7.2ClH.Hf/c1-3-7-11(8-4-1)13-12-9-5-2-6-10-12;2*1-6-4-2-3-5-6;;;/h1-10,13H;2*2-5H,1H3;2*1H;/q;2*-1;;;+4/p-2. The molecule has 0 saturated heterocycles. The molecule has 4 rings (SSSR count). The molecule has 0 nitrogen and oxygen atoms in total. The second-order valence-corrected chi connectivity index (χ2v) is 7.51. The topological polar surface area (TPSA) is 0 Å². The molecule has 4 aromatic rings. The Bertz CT molecular complexity index is 714. The van der Waals surface area contributed by atoms with Crippen molar-refractivity contribution in [2.75, 3.05) is 0 Å². The second-order valence-electron chi connectivity index (χ2n) is 5.89. The van der Waals surface area contributed by atoms with Gasteiger partial charge in [0.1, 0.15) is 9.52 Å². The predicted molar refractivity (Wildman–Crippen MR) is 113 cm³/mol. The third-order valence-corrected chi connectivity index (χ3v) is 5.03. The van der Waals surface area contributed by atoms with Crippen LogP contribution in [-0.4, -0.2) is 9.52 Å². The number of halogens is 2. The van der Waals surface area contributed by atoms with Gasteiger partial charge in [-0.2, -0.15) is 35.4 Å². The molecule has 0 aliphatic carbocycles. The first kappa shape index (κ1) is 29.0. The van der Waals surface area contributed by atoms with Gasteiger partial charge in [-0.3, -0.25) is 0 Å². The average Bonchev–Trinajstić information content (AvgIpc) is 3.31. The van der Waals surface area contributed by atoms with E-state index in [0.29, 0.717) is 0 Å². The molecule has 0 amide bonds. The van der Waals surface area contributed by atoms with Gasteiger partial charge in [0.05, 0.1) is 0 Å². The van der Waals surface area contributed by atoms with Gasteiger partial charge in [-0.15, -0.1) is 0 Å². The van der Waals surface area contributed by atoms with Crippen LogP contribution < -0.4 is 35.2 Å². The van der Waals surface area contributed by atoms with Crippen molar-refractivity contribution in [2.24, 2.45) is 0 Å². The van der Waals surface area contributed by atoms with Crippen LogP contribution in [0.2, 0.25) is 0 Å². The summed E-state index contributed by atoms with van der Waals surface area (Å²) < 4.78 is 0. The van der Waals surface area contributed by atoms with E-state index in [9.17, 15) is 0 Å². The van der Waals surface area contributed by atoms with Gasteiger partial charge < -0.3 is 24.8 Å². The molecule has 28 heavy (non-hydrogen) atoms. The molecule has 0 N–H and O–H groups in total. The molecule has 0 aliphatic rings. The van der Waals surface area contributed by atoms with Gasteiger partial charge in [0, 0.05) is 0 Å². The monoisotopic (exact) mass is 591 g/mol. The van der Waals surface area contributed by atoms with E-state index >= 15 is 0 Å². The van der Waals surface area contributed by atoms with Gasteiger partial charge in [-0.1, -0.05) is 84.9 Å². The summed E-state index contributed by atoms with van der Waals surface area (Å²) in [5.41, 5.74) is 2.69. The summed E-state index contributed by atoms with van der Waals surface area (Å²) in [6.07, 6.45) is 0. The summed E-state index contributed by atoms with van der Waals surface area (Å²) in [6, 6.07) is 37.8. The van der Waals surface area contributed by atoms with Crippen LogP contribution in [0.5, 0.6) is 0 Å². The van der Waals surface area contributed by atoms with Crippen molar-refractivity contribution < 1.29 is 50.7 Å². The number of aryl methyl sites for hydroxylation is 2. The first-order valence-electron chi connectivity index (χ1n) is 8.55. The Labute approximate surface area is 203 Å². The third kappa shape index (κ3) is 13.1. The van der Waals surface area contributed by atoms with Gasteiger partial charge in [0.2, 0.25) is 0 Å². The zero-order valence-corrected chi connectivity index (χ0v) is 22.5. The van der Waals surface area contributed by atoms with Gasteiger partial charge >= 0.3 is 25.8 Å². The summed E-state index contributed by atoms with van der Waals surface area (Å²) in [5, 5.41) is 2.90. The molecule has 0 atom stereocenters. The van der Waals surface area contributed by atoms with E-state index in [2.05, 4.69) is 98.8 Å². The van der Waals surface area contributed by atoms with Gasteiger partial charge in [0.25, 0.3) is 0 Å². The summed E-state index contributed by atoms with van der Waals surface area (Å²) >= 11 is 0. The molecule has 1 radical (unpaired) electrons. The van der Waals surface area contributed by atoms with E-state index < -0.39 is 0 Å². The molecular weight excluding hydrogens is 566 g/mol. The van der Waals surface area contributed by atoms with Crippen molar-refractivity contribution in [3.05, 3.63) is 120 Å². The Morgan fingerprint density at radius 2 is 0.893 bits per heavy atom. The van der Waals surface area contributed by atoms with Crippen molar-refractivity contribution in [3.63, 3.8) is 0 Å². The van der Waals surface area contributed by atoms with Crippen LogP contribution in [0, 0.1) is 13.8 Å². The van der Waals surface area contributed by atoms with Crippen LogP contribution in [0.4, 0.5) is 0 Å². The van der Waals surface area contributed by atoms with Gasteiger partial charge in [-0.25, -0.2) is 24.3 Å². The summed E-state index contributed by atoms with van der Waals surface area (Å²) in [4.78, 5) is 0. The Morgan fingerprint density at radius 3 is 1.11 bits per heavy atom. The molecular formula is C24H25Cl2HfSi. The third-order valence-electron chi connectivity index (χ3n) is 3.59. The normalized spacial score (nSPS) is 8.36. The van der Waals surface area contributed by atoms with Crippen molar-refractivity contribution in [1.29, 1.82) is 0 Å². The second kappa shape index (κ2) is 17.9. The van der Waals surface area contributed by atoms with Crippen molar-refractivity contribution >= 4 is 19.9 Å². The molecule has 143 valence electrons.